The van der Waals surface area contributed by atoms with E-state index in [1.54, 1.807) is 0 Å². The van der Waals surface area contributed by atoms with E-state index in [0.29, 0.717) is 18.6 Å². The second-order valence-corrected chi connectivity index (χ2v) is 6.25. The van der Waals surface area contributed by atoms with Gasteiger partial charge in [0.25, 0.3) is 11.4 Å². The topological polar surface area (TPSA) is 94.4 Å². The Kier molecular flexibility index (Phi) is 4.77. The Labute approximate surface area is 151 Å². The van der Waals surface area contributed by atoms with E-state index in [9.17, 15) is 33.4 Å². The third-order valence-electron chi connectivity index (χ3n) is 4.55. The molecule has 1 fully saturated rings. The van der Waals surface area contributed by atoms with Crippen LogP contribution in [0, 0.1) is 20.2 Å². The van der Waals surface area contributed by atoms with Crippen LogP contribution in [0.2, 0.25) is 0 Å². The Morgan fingerprint density at radius 2 is 1.59 bits per heavy atom. The number of rotatable bonds is 4. The van der Waals surface area contributed by atoms with Gasteiger partial charge in [0.05, 0.1) is 21.5 Å². The molecule has 0 spiro atoms. The Balaban J connectivity index is 2.10. The molecule has 3 rings (SSSR count). The van der Waals surface area contributed by atoms with Gasteiger partial charge in [-0.15, -0.1) is 0 Å². The summed E-state index contributed by atoms with van der Waals surface area (Å²) in [6.45, 7) is 0.506. The van der Waals surface area contributed by atoms with Crippen LogP contribution in [0.4, 0.5) is 30.2 Å². The van der Waals surface area contributed by atoms with Crippen LogP contribution in [0.1, 0.15) is 24.4 Å². The molecule has 0 saturated carbocycles. The number of nitro benzene ring substituents is 2. The first-order valence-electron chi connectivity index (χ1n) is 8.10. The van der Waals surface area contributed by atoms with E-state index in [-0.39, 0.29) is 24.8 Å². The normalized spacial score (nSPS) is 17.7. The van der Waals surface area contributed by atoms with Crippen molar-refractivity contribution in [3.63, 3.8) is 0 Å². The largest absolute Gasteiger partial charge is 0.416 e. The van der Waals surface area contributed by atoms with Crippen molar-refractivity contribution in [1.29, 1.82) is 0 Å². The highest BCUT2D eigenvalue weighted by Gasteiger charge is 2.40. The zero-order chi connectivity index (χ0) is 19.8. The number of anilines is 1. The molecular formula is C16H15F3N4O4. The van der Waals surface area contributed by atoms with Crippen molar-refractivity contribution in [3.05, 3.63) is 62.5 Å². The van der Waals surface area contributed by atoms with Gasteiger partial charge >= 0.3 is 6.18 Å². The number of alkyl halides is 3. The standard InChI is InChI=1S/C16H15F3N4O4/c17-16(18,19)11-8-13(22(24)25)15(14(9-11)23(26)27)21-7-3-4-12(10-21)20-5-1-2-6-20/h1-2,5-6,8-9,12H,3-4,7,10H2/t12-/m0/s1. The highest BCUT2D eigenvalue weighted by molar-refractivity contribution is 5.76. The summed E-state index contributed by atoms with van der Waals surface area (Å²) in [5.74, 6) is 0. The fraction of sp³-hybridized carbons (Fsp3) is 0.375. The summed E-state index contributed by atoms with van der Waals surface area (Å²) in [5.41, 5.74) is -3.62. The summed E-state index contributed by atoms with van der Waals surface area (Å²) in [7, 11) is 0. The highest BCUT2D eigenvalue weighted by atomic mass is 19.4. The molecule has 8 nitrogen and oxygen atoms in total. The SMILES string of the molecule is O=[N+]([O-])c1cc(C(F)(F)F)cc([N+](=O)[O-])c1N1CCC[C@H](n2cccc2)C1. The second kappa shape index (κ2) is 6.89. The molecule has 0 bridgehead atoms. The summed E-state index contributed by atoms with van der Waals surface area (Å²) in [4.78, 5) is 22.3. The summed E-state index contributed by atoms with van der Waals surface area (Å²) in [6, 6.07) is 4.25. The molecule has 0 N–H and O–H groups in total. The van der Waals surface area contributed by atoms with Gasteiger partial charge < -0.3 is 9.47 Å². The molecule has 2 heterocycles. The maximum Gasteiger partial charge on any atom is 0.416 e. The quantitative estimate of drug-likeness (QED) is 0.583. The van der Waals surface area contributed by atoms with Crippen LogP contribution < -0.4 is 4.90 Å². The van der Waals surface area contributed by atoms with Crippen LogP contribution >= 0.6 is 0 Å². The van der Waals surface area contributed by atoms with Crippen molar-refractivity contribution in [2.45, 2.75) is 25.1 Å². The maximum atomic E-state index is 13.0. The van der Waals surface area contributed by atoms with E-state index in [0.717, 1.165) is 6.42 Å². The van der Waals surface area contributed by atoms with Gasteiger partial charge in [0, 0.05) is 37.6 Å². The van der Waals surface area contributed by atoms with Gasteiger partial charge in [-0.25, -0.2) is 0 Å². The number of aromatic nitrogens is 1. The predicted octanol–water partition coefficient (Wildman–Crippen LogP) is 4.16. The second-order valence-electron chi connectivity index (χ2n) is 6.25. The van der Waals surface area contributed by atoms with Crippen molar-refractivity contribution in [2.75, 3.05) is 18.0 Å². The molecule has 27 heavy (non-hydrogen) atoms. The number of piperidine rings is 1. The van der Waals surface area contributed by atoms with Gasteiger partial charge in [0.2, 0.25) is 0 Å². The zero-order valence-electron chi connectivity index (χ0n) is 13.9. The molecule has 1 aromatic carbocycles. The van der Waals surface area contributed by atoms with Crippen molar-refractivity contribution in [1.82, 2.24) is 4.57 Å². The van der Waals surface area contributed by atoms with Crippen molar-refractivity contribution < 1.29 is 23.0 Å². The molecule has 2 aromatic rings. The van der Waals surface area contributed by atoms with E-state index < -0.39 is 33.0 Å². The molecule has 11 heteroatoms. The number of hydrogen-bond acceptors (Lipinski definition) is 5. The van der Waals surface area contributed by atoms with E-state index in [1.165, 1.54) is 4.90 Å². The van der Waals surface area contributed by atoms with Crippen LogP contribution in [0.5, 0.6) is 0 Å². The van der Waals surface area contributed by atoms with Gasteiger partial charge in [0.1, 0.15) is 0 Å². The van der Waals surface area contributed by atoms with Crippen LogP contribution in [-0.4, -0.2) is 27.5 Å². The highest BCUT2D eigenvalue weighted by Crippen LogP contribution is 2.44. The van der Waals surface area contributed by atoms with Gasteiger partial charge in [-0.05, 0) is 25.0 Å². The van der Waals surface area contributed by atoms with Crippen LogP contribution in [0.25, 0.3) is 0 Å². The van der Waals surface area contributed by atoms with Crippen molar-refractivity contribution in [3.8, 4) is 0 Å². The lowest BCUT2D eigenvalue weighted by atomic mass is 10.0. The third kappa shape index (κ3) is 3.71. The minimum atomic E-state index is -4.93. The number of nitro groups is 2. The van der Waals surface area contributed by atoms with E-state index >= 15 is 0 Å². The van der Waals surface area contributed by atoms with E-state index in [1.807, 2.05) is 29.1 Å². The number of nitrogens with zero attached hydrogens (tertiary/aromatic N) is 4. The van der Waals surface area contributed by atoms with Crippen molar-refractivity contribution in [2.24, 2.45) is 0 Å². The van der Waals surface area contributed by atoms with Gasteiger partial charge in [-0.2, -0.15) is 13.2 Å². The maximum absolute atomic E-state index is 13.0. The van der Waals surface area contributed by atoms with Gasteiger partial charge in [0.15, 0.2) is 5.69 Å². The molecule has 1 saturated heterocycles. The number of hydrogen-bond donors (Lipinski definition) is 0. The summed E-state index contributed by atoms with van der Waals surface area (Å²) in [5, 5.41) is 22.8. The molecule has 1 atom stereocenters. The smallest absolute Gasteiger partial charge is 0.358 e. The summed E-state index contributed by atoms with van der Waals surface area (Å²) < 4.78 is 41.0. The average molecular weight is 384 g/mol. The van der Waals surface area contributed by atoms with Crippen LogP contribution in [-0.2, 0) is 6.18 Å². The van der Waals surface area contributed by atoms with E-state index in [4.69, 9.17) is 0 Å². The van der Waals surface area contributed by atoms with Crippen LogP contribution in [0.15, 0.2) is 36.7 Å². The predicted molar refractivity (Wildman–Crippen MR) is 89.7 cm³/mol. The summed E-state index contributed by atoms with van der Waals surface area (Å²) in [6.07, 6.45) is 0.0443. The molecule has 1 aromatic heterocycles. The average Bonchev–Trinajstić information content (AvgIpc) is 3.14. The lowest BCUT2D eigenvalue weighted by Gasteiger charge is -2.34. The Morgan fingerprint density at radius 3 is 2.07 bits per heavy atom. The molecule has 0 aliphatic carbocycles. The minimum absolute atomic E-state index is 0.0877. The molecule has 0 unspecified atom stereocenters. The number of benzene rings is 1. The first-order valence-corrected chi connectivity index (χ1v) is 8.10. The Morgan fingerprint density at radius 1 is 1.04 bits per heavy atom. The monoisotopic (exact) mass is 384 g/mol. The lowest BCUT2D eigenvalue weighted by molar-refractivity contribution is -0.393. The molecule has 0 radical (unpaired) electrons. The van der Waals surface area contributed by atoms with Crippen LogP contribution in [0.3, 0.4) is 0 Å². The van der Waals surface area contributed by atoms with Gasteiger partial charge in [-0.3, -0.25) is 20.2 Å². The third-order valence-corrected chi connectivity index (χ3v) is 4.55. The fourth-order valence-electron chi connectivity index (χ4n) is 3.36. The van der Waals surface area contributed by atoms with Crippen molar-refractivity contribution >= 4 is 17.1 Å². The molecular weight excluding hydrogens is 369 g/mol. The molecule has 1 aliphatic heterocycles. The minimum Gasteiger partial charge on any atom is -0.358 e. The fourth-order valence-corrected chi connectivity index (χ4v) is 3.36. The molecule has 0 amide bonds. The van der Waals surface area contributed by atoms with Gasteiger partial charge in [-0.1, -0.05) is 0 Å². The Hall–Kier alpha value is -3.11. The first kappa shape index (κ1) is 18.7. The number of halogens is 3. The first-order chi connectivity index (χ1) is 12.7. The molecule has 144 valence electrons. The van der Waals surface area contributed by atoms with E-state index in [2.05, 4.69) is 0 Å². The zero-order valence-corrected chi connectivity index (χ0v) is 13.9. The lowest BCUT2D eigenvalue weighted by Crippen LogP contribution is -2.37. The summed E-state index contributed by atoms with van der Waals surface area (Å²) >= 11 is 0. The Bertz CT molecular complexity index is 832. The molecule has 1 aliphatic rings.